The fraction of sp³-hybridized carbons (Fsp3) is 0.800. The molecule has 0 aromatic rings. The van der Waals surface area contributed by atoms with Crippen LogP contribution >= 0.6 is 15.8 Å². The molecular weight excluding hydrogens is 550 g/mol. The molecule has 0 saturated carbocycles. The molecule has 0 unspecified atom stereocenters. The maximum absolute atomic E-state index is 6.75. The predicted molar refractivity (Wildman–Crippen MR) is 125 cm³/mol. The Morgan fingerprint density at radius 1 is 0.593 bits per heavy atom. The first-order chi connectivity index (χ1) is 11.4. The molecule has 0 heterocycles. The number of hydrogen-bond acceptors (Lipinski definition) is 0. The molecule has 161 valence electrons. The summed E-state index contributed by atoms with van der Waals surface area (Å²) in [5, 5.41) is 5.83. The van der Waals surface area contributed by atoms with E-state index in [1.54, 1.807) is 0 Å². The van der Waals surface area contributed by atoms with Crippen molar-refractivity contribution in [3.63, 3.8) is 0 Å². The van der Waals surface area contributed by atoms with Crippen LogP contribution in [0.5, 0.6) is 0 Å². The monoisotopic (exact) mass is 591 g/mol. The number of nitrogens with zero attached hydrogens (tertiary/aromatic N) is 4. The summed E-state index contributed by atoms with van der Waals surface area (Å²) >= 11 is 0. The Kier molecular flexibility index (Phi) is 14.9. The van der Waals surface area contributed by atoms with Crippen molar-refractivity contribution >= 4 is 15.8 Å². The van der Waals surface area contributed by atoms with Gasteiger partial charge in [-0.05, 0) is 20.6 Å². The zero-order valence-corrected chi connectivity index (χ0v) is 23.5. The zero-order chi connectivity index (χ0) is 21.4. The average molecular weight is 591 g/mol. The van der Waals surface area contributed by atoms with E-state index in [9.17, 15) is 0 Å². The van der Waals surface area contributed by atoms with Gasteiger partial charge < -0.3 is 16.4 Å². The summed E-state index contributed by atoms with van der Waals surface area (Å²) < 4.78 is 0. The van der Waals surface area contributed by atoms with Crippen molar-refractivity contribution in [3.8, 4) is 0 Å². The average Bonchev–Trinajstić information content (AvgIpc) is 2.31. The van der Waals surface area contributed by atoms with Gasteiger partial charge in [0, 0.05) is 20.1 Å². The topological polar surface area (TPSA) is 72.8 Å². The van der Waals surface area contributed by atoms with Crippen molar-refractivity contribution in [1.82, 2.24) is 0 Å². The van der Waals surface area contributed by atoms with Crippen LogP contribution in [0.4, 0.5) is 0 Å². The van der Waals surface area contributed by atoms with Crippen LogP contribution in [0.15, 0.2) is 24.0 Å². The summed E-state index contributed by atoms with van der Waals surface area (Å²) in [5.74, 6) is 4.69. The minimum Gasteiger partial charge on any atom is -0.670 e. The Morgan fingerprint density at radius 3 is 0.926 bits per heavy atom. The maximum atomic E-state index is 6.75. The van der Waals surface area contributed by atoms with E-state index >= 15 is 0 Å². The maximum Gasteiger partial charge on any atom is 0 e. The van der Waals surface area contributed by atoms with E-state index < -0.39 is 0 Å². The largest absolute Gasteiger partial charge is 0.670 e. The standard InChI is InChI=1S/C20H40NP2.Ir.N3/c1-17(2,3)22(18(4,5)6)15-13-21-14-16-23(19(7,8)9)20(10,11)12;;1-3-2/h13-16H,1-12H3;;/q-1;;-1/b15-13-,16-14-;;. The normalized spacial score (nSPS) is 13.4. The van der Waals surface area contributed by atoms with Crippen molar-refractivity contribution < 1.29 is 20.1 Å². The molecule has 0 atom stereocenters. The van der Waals surface area contributed by atoms with Crippen LogP contribution in [-0.2, 0) is 20.1 Å². The van der Waals surface area contributed by atoms with Gasteiger partial charge in [-0.1, -0.05) is 111 Å². The van der Waals surface area contributed by atoms with Crippen molar-refractivity contribution in [3.05, 3.63) is 45.3 Å². The van der Waals surface area contributed by atoms with Gasteiger partial charge in [0.2, 0.25) is 0 Å². The molecule has 1 radical (unpaired) electrons. The summed E-state index contributed by atoms with van der Waals surface area (Å²) in [6, 6.07) is 0. The minimum absolute atomic E-state index is 0. The molecule has 0 amide bonds. The Bertz CT molecular complexity index is 430. The van der Waals surface area contributed by atoms with Gasteiger partial charge in [-0.2, -0.15) is 12.4 Å². The molecule has 0 rings (SSSR count). The van der Waals surface area contributed by atoms with Crippen LogP contribution in [-0.4, -0.2) is 20.6 Å². The summed E-state index contributed by atoms with van der Waals surface area (Å²) in [7, 11) is -0.445. The third-order valence-electron chi connectivity index (χ3n) is 3.49. The molecule has 0 aliphatic rings. The van der Waals surface area contributed by atoms with Gasteiger partial charge in [0.15, 0.2) is 0 Å². The van der Waals surface area contributed by atoms with Gasteiger partial charge in [-0.3, -0.25) is 4.91 Å². The van der Waals surface area contributed by atoms with E-state index in [1.807, 2.05) is 12.4 Å². The molecule has 4 nitrogen and oxygen atoms in total. The second kappa shape index (κ2) is 12.6. The third kappa shape index (κ3) is 14.7. The fourth-order valence-electron chi connectivity index (χ4n) is 3.17. The van der Waals surface area contributed by atoms with Crippen molar-refractivity contribution in [2.75, 3.05) is 0 Å². The first kappa shape index (κ1) is 31.8. The molecule has 27 heavy (non-hydrogen) atoms. The summed E-state index contributed by atoms with van der Waals surface area (Å²) in [6.45, 7) is 28.0. The summed E-state index contributed by atoms with van der Waals surface area (Å²) in [6.07, 6.45) is 4.05. The van der Waals surface area contributed by atoms with E-state index in [-0.39, 0.29) is 35.9 Å². The van der Waals surface area contributed by atoms with Crippen molar-refractivity contribution in [2.45, 2.75) is 104 Å². The summed E-state index contributed by atoms with van der Waals surface area (Å²) in [4.78, 5) is 1.50. The molecule has 0 bridgehead atoms. The number of hydrogen-bond donors (Lipinski definition) is 0. The van der Waals surface area contributed by atoms with Gasteiger partial charge in [0.1, 0.15) is 0 Å². The Hall–Kier alpha value is 0.0994. The first-order valence-corrected chi connectivity index (χ1v) is 11.8. The molecule has 0 aliphatic heterocycles. The van der Waals surface area contributed by atoms with Crippen LogP contribution in [0.3, 0.4) is 0 Å². The van der Waals surface area contributed by atoms with E-state index in [1.165, 1.54) is 4.91 Å². The van der Waals surface area contributed by atoms with Crippen LogP contribution in [0, 0.1) is 0 Å². The Morgan fingerprint density at radius 2 is 0.778 bits per heavy atom. The van der Waals surface area contributed by atoms with Gasteiger partial charge in [-0.15, -0.1) is 0 Å². The van der Waals surface area contributed by atoms with Gasteiger partial charge in [0.05, 0.1) is 0 Å². The van der Waals surface area contributed by atoms with Crippen LogP contribution in [0.2, 0.25) is 0 Å². The smallest absolute Gasteiger partial charge is 0 e. The quantitative estimate of drug-likeness (QED) is 0.135. The molecule has 0 aliphatic carbocycles. The number of rotatable bonds is 4. The molecule has 0 N–H and O–H groups in total. The van der Waals surface area contributed by atoms with Crippen molar-refractivity contribution in [1.29, 1.82) is 0 Å². The second-order valence-electron chi connectivity index (χ2n) is 10.3. The third-order valence-corrected chi connectivity index (χ3v) is 10.1. The van der Waals surface area contributed by atoms with Crippen LogP contribution in [0.1, 0.15) is 83.1 Å². The predicted octanol–water partition coefficient (Wildman–Crippen LogP) is 9.32. The van der Waals surface area contributed by atoms with Crippen molar-refractivity contribution in [2.24, 2.45) is 0 Å². The Labute approximate surface area is 184 Å². The van der Waals surface area contributed by atoms with E-state index in [4.69, 9.17) is 11.1 Å². The second-order valence-corrected chi connectivity index (χ2v) is 17.7. The molecular formula is C20H40IrN4P2-2. The Balaban J connectivity index is -0.00000134. The minimum atomic E-state index is -0.223. The fourth-order valence-corrected chi connectivity index (χ4v) is 9.40. The van der Waals surface area contributed by atoms with Crippen LogP contribution in [0.25, 0.3) is 21.3 Å². The molecule has 0 spiro atoms. The van der Waals surface area contributed by atoms with Gasteiger partial charge in [0.25, 0.3) is 0 Å². The molecule has 0 aromatic heterocycles. The molecule has 0 saturated heterocycles. The van der Waals surface area contributed by atoms with Gasteiger partial charge in [-0.25, -0.2) is 0 Å². The molecule has 0 aromatic carbocycles. The van der Waals surface area contributed by atoms with E-state index in [0.717, 1.165) is 0 Å². The van der Waals surface area contributed by atoms with Crippen LogP contribution < -0.4 is 0 Å². The summed E-state index contributed by atoms with van der Waals surface area (Å²) in [5.41, 5.74) is 13.5. The molecule has 0 fully saturated rings. The van der Waals surface area contributed by atoms with E-state index in [2.05, 4.69) is 100 Å². The SMILES string of the molecule is CC(C)(C)P(/C=C\[N-]/C=C\P(C(C)(C)C)C(C)(C)C)C(C)(C)C.[Ir].[N-]=[N+]=[N-]. The molecule has 7 heteroatoms. The van der Waals surface area contributed by atoms with E-state index in [0.29, 0.717) is 20.6 Å². The van der Waals surface area contributed by atoms with Gasteiger partial charge >= 0.3 is 0 Å². The zero-order valence-electron chi connectivity index (χ0n) is 19.3. The first-order valence-electron chi connectivity index (χ1n) is 8.99.